The zero-order chi connectivity index (χ0) is 31.2. The third-order valence-corrected chi connectivity index (χ3v) is 8.47. The van der Waals surface area contributed by atoms with E-state index in [-0.39, 0.29) is 5.91 Å². The van der Waals surface area contributed by atoms with Crippen LogP contribution >= 0.6 is 0 Å². The largest absolute Gasteiger partial charge is 0.497 e. The van der Waals surface area contributed by atoms with Crippen LogP contribution in [0.15, 0.2) is 72.8 Å². The van der Waals surface area contributed by atoms with Gasteiger partial charge in [-0.1, -0.05) is 6.07 Å². The van der Waals surface area contributed by atoms with E-state index in [0.717, 1.165) is 65.9 Å². The number of carbonyl (C=O) groups is 1. The van der Waals surface area contributed by atoms with Crippen molar-refractivity contribution in [3.63, 3.8) is 0 Å². The fourth-order valence-corrected chi connectivity index (χ4v) is 5.76. The zero-order valence-electron chi connectivity index (χ0n) is 26.1. The van der Waals surface area contributed by atoms with Gasteiger partial charge in [-0.05, 0) is 60.7 Å². The Labute approximate surface area is 264 Å². The summed E-state index contributed by atoms with van der Waals surface area (Å²) in [4.78, 5) is 26.9. The summed E-state index contributed by atoms with van der Waals surface area (Å²) in [5.41, 5.74) is 4.39. The molecular formula is C34H39N7O4. The number of aromatic nitrogens is 3. The number of carbonyl (C=O) groups excluding carboxylic acids is 1. The van der Waals surface area contributed by atoms with Crippen molar-refractivity contribution in [1.82, 2.24) is 25.0 Å². The van der Waals surface area contributed by atoms with Crippen LogP contribution in [0, 0.1) is 0 Å². The second kappa shape index (κ2) is 13.8. The van der Waals surface area contributed by atoms with Crippen molar-refractivity contribution in [2.24, 2.45) is 0 Å². The lowest BCUT2D eigenvalue weighted by atomic mass is 10.0. The molecule has 234 valence electrons. The zero-order valence-corrected chi connectivity index (χ0v) is 26.1. The normalized spacial score (nSPS) is 15.6. The molecule has 2 aliphatic heterocycles. The maximum Gasteiger partial charge on any atom is 0.246 e. The molecule has 2 aliphatic rings. The number of methoxy groups -OCH3 is 3. The van der Waals surface area contributed by atoms with Crippen LogP contribution in [0.2, 0.25) is 0 Å². The molecule has 6 rings (SSSR count). The molecule has 0 unspecified atom stereocenters. The SMILES string of the molecule is COc1ccc(-c2nnc(N3CCN(C(=O)CN4CCN(c5cccc(OC)c5)CC4)CC3)nc2-c2ccc(OC)cc2)cc1. The molecule has 2 saturated heterocycles. The van der Waals surface area contributed by atoms with Gasteiger partial charge in [0.15, 0.2) is 0 Å². The summed E-state index contributed by atoms with van der Waals surface area (Å²) in [6, 6.07) is 23.6. The van der Waals surface area contributed by atoms with E-state index < -0.39 is 0 Å². The molecule has 11 nitrogen and oxygen atoms in total. The van der Waals surface area contributed by atoms with Gasteiger partial charge in [0.2, 0.25) is 11.9 Å². The highest BCUT2D eigenvalue weighted by atomic mass is 16.5. The van der Waals surface area contributed by atoms with Crippen molar-refractivity contribution in [3.8, 4) is 39.8 Å². The van der Waals surface area contributed by atoms with Crippen LogP contribution in [-0.4, -0.2) is 111 Å². The monoisotopic (exact) mass is 609 g/mol. The number of rotatable bonds is 9. The Morgan fingerprint density at radius 2 is 1.22 bits per heavy atom. The van der Waals surface area contributed by atoms with Gasteiger partial charge in [0, 0.05) is 75.2 Å². The van der Waals surface area contributed by atoms with Crippen molar-refractivity contribution in [3.05, 3.63) is 72.8 Å². The fourth-order valence-electron chi connectivity index (χ4n) is 5.76. The Hall–Kier alpha value is -4.90. The third kappa shape index (κ3) is 6.93. The van der Waals surface area contributed by atoms with Gasteiger partial charge in [0.25, 0.3) is 0 Å². The number of anilines is 2. The molecule has 3 heterocycles. The van der Waals surface area contributed by atoms with Crippen LogP contribution in [-0.2, 0) is 4.79 Å². The first kappa shape index (κ1) is 30.1. The number of benzene rings is 3. The van der Waals surface area contributed by atoms with Crippen molar-refractivity contribution in [2.45, 2.75) is 0 Å². The third-order valence-electron chi connectivity index (χ3n) is 8.47. The first-order valence-electron chi connectivity index (χ1n) is 15.2. The highest BCUT2D eigenvalue weighted by molar-refractivity contribution is 5.79. The summed E-state index contributed by atoms with van der Waals surface area (Å²) in [5.74, 6) is 3.11. The van der Waals surface area contributed by atoms with Crippen molar-refractivity contribution < 1.29 is 19.0 Å². The molecule has 0 spiro atoms. The highest BCUT2D eigenvalue weighted by Gasteiger charge is 2.27. The molecule has 11 heteroatoms. The maximum absolute atomic E-state index is 13.3. The molecule has 2 fully saturated rings. The molecule has 45 heavy (non-hydrogen) atoms. The second-order valence-electron chi connectivity index (χ2n) is 11.1. The van der Waals surface area contributed by atoms with Crippen LogP contribution in [0.1, 0.15) is 0 Å². The van der Waals surface area contributed by atoms with E-state index in [4.69, 9.17) is 19.2 Å². The van der Waals surface area contributed by atoms with E-state index in [1.807, 2.05) is 65.6 Å². The minimum absolute atomic E-state index is 0.164. The van der Waals surface area contributed by atoms with Gasteiger partial charge in [-0.25, -0.2) is 4.98 Å². The van der Waals surface area contributed by atoms with E-state index in [9.17, 15) is 4.79 Å². The van der Waals surface area contributed by atoms with Gasteiger partial charge >= 0.3 is 0 Å². The summed E-state index contributed by atoms with van der Waals surface area (Å²) in [6.45, 7) is 6.38. The maximum atomic E-state index is 13.3. The van der Waals surface area contributed by atoms with Crippen LogP contribution in [0.3, 0.4) is 0 Å². The standard InChI is InChI=1S/C34H39N7O4/c1-43-28-11-7-25(8-12-28)32-33(26-9-13-29(44-2)14-10-26)36-37-34(35-32)41-21-19-40(20-22-41)31(42)24-38-15-17-39(18-16-38)27-5-4-6-30(23-27)45-3/h4-14,23H,15-22,24H2,1-3H3. The molecule has 0 N–H and O–H groups in total. The quantitative estimate of drug-likeness (QED) is 0.280. The molecule has 0 aliphatic carbocycles. The number of nitrogens with zero attached hydrogens (tertiary/aromatic N) is 7. The average Bonchev–Trinajstić information content (AvgIpc) is 3.12. The first-order valence-corrected chi connectivity index (χ1v) is 15.2. The van der Waals surface area contributed by atoms with Crippen LogP contribution in [0.5, 0.6) is 17.2 Å². The summed E-state index contributed by atoms with van der Waals surface area (Å²) in [6.07, 6.45) is 0. The number of hydrogen-bond donors (Lipinski definition) is 0. The molecule has 0 saturated carbocycles. The lowest BCUT2D eigenvalue weighted by Gasteiger charge is -2.38. The van der Waals surface area contributed by atoms with Crippen LogP contribution < -0.4 is 24.0 Å². The van der Waals surface area contributed by atoms with Crippen molar-refractivity contribution in [2.75, 3.05) is 90.0 Å². The Morgan fingerprint density at radius 3 is 1.82 bits per heavy atom. The van der Waals surface area contributed by atoms with Gasteiger partial charge in [-0.2, -0.15) is 0 Å². The molecule has 3 aromatic carbocycles. The summed E-state index contributed by atoms with van der Waals surface area (Å²) >= 11 is 0. The number of hydrogen-bond acceptors (Lipinski definition) is 10. The average molecular weight is 610 g/mol. The molecule has 1 aromatic heterocycles. The van der Waals surface area contributed by atoms with E-state index in [1.54, 1.807) is 21.3 Å². The van der Waals surface area contributed by atoms with Crippen molar-refractivity contribution >= 4 is 17.5 Å². The molecule has 4 aromatic rings. The molecule has 1 amide bonds. The Bertz CT molecular complexity index is 1580. The summed E-state index contributed by atoms with van der Waals surface area (Å²) in [5, 5.41) is 9.18. The Balaban J connectivity index is 1.09. The van der Waals surface area contributed by atoms with E-state index in [1.165, 1.54) is 0 Å². The summed E-state index contributed by atoms with van der Waals surface area (Å²) in [7, 11) is 4.98. The lowest BCUT2D eigenvalue weighted by Crippen LogP contribution is -2.54. The fraction of sp³-hybridized carbons (Fsp3) is 0.353. The van der Waals surface area contributed by atoms with Crippen LogP contribution in [0.4, 0.5) is 11.6 Å². The number of ether oxygens (including phenoxy) is 3. The van der Waals surface area contributed by atoms with Gasteiger partial charge in [-0.3, -0.25) is 9.69 Å². The highest BCUT2D eigenvalue weighted by Crippen LogP contribution is 2.32. The van der Waals surface area contributed by atoms with Gasteiger partial charge < -0.3 is 28.9 Å². The molecular weight excluding hydrogens is 570 g/mol. The Morgan fingerprint density at radius 1 is 0.644 bits per heavy atom. The van der Waals surface area contributed by atoms with E-state index >= 15 is 0 Å². The predicted molar refractivity (Wildman–Crippen MR) is 174 cm³/mol. The minimum Gasteiger partial charge on any atom is -0.497 e. The number of piperazine rings is 2. The molecule has 0 radical (unpaired) electrons. The second-order valence-corrected chi connectivity index (χ2v) is 11.1. The topological polar surface area (TPSA) is 96.4 Å². The molecule has 0 bridgehead atoms. The van der Waals surface area contributed by atoms with E-state index in [0.29, 0.717) is 44.4 Å². The smallest absolute Gasteiger partial charge is 0.246 e. The summed E-state index contributed by atoms with van der Waals surface area (Å²) < 4.78 is 16.1. The minimum atomic E-state index is 0.164. The van der Waals surface area contributed by atoms with Gasteiger partial charge in [0.05, 0.1) is 27.9 Å². The van der Waals surface area contributed by atoms with Gasteiger partial charge in [-0.15, -0.1) is 10.2 Å². The lowest BCUT2D eigenvalue weighted by molar-refractivity contribution is -0.132. The van der Waals surface area contributed by atoms with Crippen LogP contribution in [0.25, 0.3) is 22.5 Å². The van der Waals surface area contributed by atoms with Crippen molar-refractivity contribution in [1.29, 1.82) is 0 Å². The predicted octanol–water partition coefficient (Wildman–Crippen LogP) is 3.70. The van der Waals surface area contributed by atoms with E-state index in [2.05, 4.69) is 37.0 Å². The Kier molecular flexibility index (Phi) is 9.25. The van der Waals surface area contributed by atoms with Gasteiger partial charge in [0.1, 0.15) is 28.6 Å². The number of amides is 1. The first-order chi connectivity index (χ1) is 22.0. The molecule has 0 atom stereocenters.